The summed E-state index contributed by atoms with van der Waals surface area (Å²) >= 11 is 0. The second-order valence-electron chi connectivity index (χ2n) is 4.14. The molecule has 2 unspecified atom stereocenters. The molecule has 0 heterocycles. The predicted molar refractivity (Wildman–Crippen MR) is 69.8 cm³/mol. The van der Waals surface area contributed by atoms with Crippen molar-refractivity contribution in [2.75, 3.05) is 0 Å². The van der Waals surface area contributed by atoms with Crippen LogP contribution in [0.5, 0.6) is 0 Å². The van der Waals surface area contributed by atoms with Gasteiger partial charge < -0.3 is 0 Å². The van der Waals surface area contributed by atoms with Gasteiger partial charge in [-0.3, -0.25) is 0 Å². The Morgan fingerprint density at radius 2 is 1.19 bits per heavy atom. The number of rotatable bonds is 3. The van der Waals surface area contributed by atoms with E-state index in [4.69, 9.17) is 7.85 Å². The molecule has 0 N–H and O–H groups in total. The molecule has 0 aliphatic rings. The van der Waals surface area contributed by atoms with Crippen molar-refractivity contribution in [2.45, 2.75) is 18.7 Å². The second-order valence-corrected chi connectivity index (χ2v) is 4.14. The van der Waals surface area contributed by atoms with Crippen molar-refractivity contribution in [2.24, 2.45) is 0 Å². The summed E-state index contributed by atoms with van der Waals surface area (Å²) in [5, 5.41) is 0. The molecule has 78 valence electrons. The molecule has 2 atom stereocenters. The number of hydrogen-bond acceptors (Lipinski definition) is 0. The first-order valence-electron chi connectivity index (χ1n) is 5.64. The molecule has 0 aromatic heterocycles. The monoisotopic (exact) mass is 206 g/mol. The molecule has 0 aliphatic heterocycles. The first-order valence-corrected chi connectivity index (χ1v) is 5.64. The Kier molecular flexibility index (Phi) is 3.45. The Bertz CT molecular complexity index is 378. The highest BCUT2D eigenvalue weighted by Gasteiger charge is 2.14. The highest BCUT2D eigenvalue weighted by atomic mass is 14.2. The summed E-state index contributed by atoms with van der Waals surface area (Å²) in [6.45, 7) is 2.17. The van der Waals surface area contributed by atoms with Crippen molar-refractivity contribution in [3.05, 3.63) is 71.8 Å². The van der Waals surface area contributed by atoms with Crippen LogP contribution in [0.25, 0.3) is 0 Å². The van der Waals surface area contributed by atoms with E-state index in [0.29, 0.717) is 5.92 Å². The minimum absolute atomic E-state index is 0.0589. The van der Waals surface area contributed by atoms with Gasteiger partial charge in [0, 0.05) is 0 Å². The Morgan fingerprint density at radius 3 is 1.69 bits per heavy atom. The van der Waals surface area contributed by atoms with Gasteiger partial charge >= 0.3 is 0 Å². The lowest BCUT2D eigenvalue weighted by Gasteiger charge is -2.21. The number of benzene rings is 2. The molecule has 2 radical (unpaired) electrons. The molecule has 0 bridgehead atoms. The van der Waals surface area contributed by atoms with Gasteiger partial charge in [-0.05, 0) is 17.3 Å². The summed E-state index contributed by atoms with van der Waals surface area (Å²) in [7, 11) is 6.27. The molecule has 2 rings (SSSR count). The van der Waals surface area contributed by atoms with Crippen LogP contribution in [0.3, 0.4) is 0 Å². The lowest BCUT2D eigenvalue weighted by atomic mass is 9.70. The fraction of sp³-hybridized carbons (Fsp3) is 0.200. The third kappa shape index (κ3) is 2.36. The van der Waals surface area contributed by atoms with Gasteiger partial charge in [0.25, 0.3) is 0 Å². The molecule has 0 saturated heterocycles. The van der Waals surface area contributed by atoms with E-state index in [1.165, 1.54) is 11.1 Å². The molecule has 16 heavy (non-hydrogen) atoms. The summed E-state index contributed by atoms with van der Waals surface area (Å²) in [6, 6.07) is 20.7. The quantitative estimate of drug-likeness (QED) is 0.671. The van der Waals surface area contributed by atoms with E-state index in [9.17, 15) is 0 Å². The van der Waals surface area contributed by atoms with Crippen LogP contribution in [-0.4, -0.2) is 7.85 Å². The van der Waals surface area contributed by atoms with Gasteiger partial charge in [-0.1, -0.05) is 73.2 Å². The Balaban J connectivity index is 2.20. The minimum atomic E-state index is 0.0589. The van der Waals surface area contributed by atoms with E-state index >= 15 is 0 Å². The summed E-state index contributed by atoms with van der Waals surface area (Å²) in [5.41, 5.74) is 2.48. The second kappa shape index (κ2) is 5.02. The maximum absolute atomic E-state index is 6.27. The molecule has 0 aliphatic carbocycles. The molecule has 2 aromatic carbocycles. The Hall–Kier alpha value is -1.50. The molecule has 1 heteroatoms. The first kappa shape index (κ1) is 11.0. The zero-order valence-electron chi connectivity index (χ0n) is 9.51. The van der Waals surface area contributed by atoms with Crippen molar-refractivity contribution < 1.29 is 0 Å². The fourth-order valence-electron chi connectivity index (χ4n) is 1.93. The third-order valence-electron chi connectivity index (χ3n) is 3.05. The van der Waals surface area contributed by atoms with Crippen molar-refractivity contribution in [3.63, 3.8) is 0 Å². The van der Waals surface area contributed by atoms with E-state index in [0.717, 1.165) is 0 Å². The van der Waals surface area contributed by atoms with E-state index in [1.807, 2.05) is 24.3 Å². The highest BCUT2D eigenvalue weighted by Crippen LogP contribution is 2.29. The maximum Gasteiger partial charge on any atom is 0.0771 e. The Morgan fingerprint density at radius 1 is 0.750 bits per heavy atom. The lowest BCUT2D eigenvalue weighted by molar-refractivity contribution is 0.731. The predicted octanol–water partition coefficient (Wildman–Crippen LogP) is 3.70. The van der Waals surface area contributed by atoms with Crippen LogP contribution in [-0.2, 0) is 0 Å². The molecule has 0 saturated carbocycles. The lowest BCUT2D eigenvalue weighted by Crippen LogP contribution is -2.08. The molecule has 2 aromatic rings. The Labute approximate surface area is 98.7 Å². The van der Waals surface area contributed by atoms with Crippen LogP contribution in [0.4, 0.5) is 0 Å². The first-order chi connectivity index (χ1) is 7.79. The van der Waals surface area contributed by atoms with Gasteiger partial charge in [-0.15, -0.1) is 0 Å². The van der Waals surface area contributed by atoms with Crippen LogP contribution < -0.4 is 0 Å². The summed E-state index contributed by atoms with van der Waals surface area (Å²) in [6.07, 6.45) is 0. The standard InChI is InChI=1S/C15H15B/c1-12(13-8-4-2-5-9-13)15(16)14-10-6-3-7-11-14/h2-12,15H,1H3. The van der Waals surface area contributed by atoms with Gasteiger partial charge in [-0.2, -0.15) is 0 Å². The van der Waals surface area contributed by atoms with E-state index < -0.39 is 0 Å². The van der Waals surface area contributed by atoms with Gasteiger partial charge in [0.05, 0.1) is 7.85 Å². The molecular weight excluding hydrogens is 191 g/mol. The number of hydrogen-bond donors (Lipinski definition) is 0. The van der Waals surface area contributed by atoms with Crippen LogP contribution >= 0.6 is 0 Å². The smallest absolute Gasteiger partial charge is 0.0622 e. The van der Waals surface area contributed by atoms with Crippen LogP contribution in [0.15, 0.2) is 60.7 Å². The largest absolute Gasteiger partial charge is 0.0771 e. The topological polar surface area (TPSA) is 0 Å². The van der Waals surface area contributed by atoms with Crippen molar-refractivity contribution >= 4 is 7.85 Å². The van der Waals surface area contributed by atoms with Crippen molar-refractivity contribution in [1.29, 1.82) is 0 Å². The van der Waals surface area contributed by atoms with Crippen LogP contribution in [0.2, 0.25) is 0 Å². The van der Waals surface area contributed by atoms with E-state index in [1.54, 1.807) is 0 Å². The zero-order valence-corrected chi connectivity index (χ0v) is 9.51. The van der Waals surface area contributed by atoms with Crippen molar-refractivity contribution in [3.8, 4) is 0 Å². The molecule has 0 spiro atoms. The summed E-state index contributed by atoms with van der Waals surface area (Å²) in [5.74, 6) is 0.396. The summed E-state index contributed by atoms with van der Waals surface area (Å²) < 4.78 is 0. The van der Waals surface area contributed by atoms with Gasteiger partial charge in [-0.25, -0.2) is 0 Å². The minimum Gasteiger partial charge on any atom is -0.0622 e. The van der Waals surface area contributed by atoms with Gasteiger partial charge in [0.1, 0.15) is 0 Å². The van der Waals surface area contributed by atoms with Crippen LogP contribution in [0.1, 0.15) is 29.8 Å². The molecule has 0 nitrogen and oxygen atoms in total. The van der Waals surface area contributed by atoms with Crippen molar-refractivity contribution in [1.82, 2.24) is 0 Å². The zero-order chi connectivity index (χ0) is 11.4. The molecule has 0 fully saturated rings. The normalized spacial score (nSPS) is 14.3. The highest BCUT2D eigenvalue weighted by molar-refractivity contribution is 6.13. The van der Waals surface area contributed by atoms with Gasteiger partial charge in [0.15, 0.2) is 0 Å². The average Bonchev–Trinajstić information content (AvgIpc) is 2.39. The molecular formula is C15H15B. The SMILES string of the molecule is [B]C(c1ccccc1)C(C)c1ccccc1. The molecule has 0 amide bonds. The van der Waals surface area contributed by atoms with E-state index in [2.05, 4.69) is 43.3 Å². The fourth-order valence-corrected chi connectivity index (χ4v) is 1.93. The van der Waals surface area contributed by atoms with Gasteiger partial charge in [0.2, 0.25) is 0 Å². The van der Waals surface area contributed by atoms with E-state index in [-0.39, 0.29) is 5.82 Å². The average molecular weight is 206 g/mol. The summed E-state index contributed by atoms with van der Waals surface area (Å²) in [4.78, 5) is 0. The maximum atomic E-state index is 6.27. The van der Waals surface area contributed by atoms with Crippen LogP contribution in [0, 0.1) is 0 Å². The third-order valence-corrected chi connectivity index (χ3v) is 3.05.